The Morgan fingerprint density at radius 1 is 1.08 bits per heavy atom. The molecule has 2 aromatic rings. The van der Waals surface area contributed by atoms with Crippen LogP contribution in [-0.4, -0.2) is 48.1 Å². The summed E-state index contributed by atoms with van der Waals surface area (Å²) >= 11 is 6.11. The van der Waals surface area contributed by atoms with Gasteiger partial charge < -0.3 is 4.74 Å². The number of methoxy groups -OCH3 is 1. The van der Waals surface area contributed by atoms with Gasteiger partial charge in [0.15, 0.2) is 0 Å². The molecule has 4 nitrogen and oxygen atoms in total. The lowest BCUT2D eigenvalue weighted by atomic mass is 10.2. The second-order valence-corrected chi connectivity index (χ2v) is 6.38. The lowest BCUT2D eigenvalue weighted by Crippen LogP contribution is -2.45. The first kappa shape index (κ1) is 17.1. The Labute approximate surface area is 146 Å². The van der Waals surface area contributed by atoms with E-state index in [1.807, 2.05) is 12.1 Å². The van der Waals surface area contributed by atoms with E-state index >= 15 is 0 Å². The Hall–Kier alpha value is -1.69. The number of aromatic nitrogens is 1. The number of benzene rings is 1. The molecule has 1 saturated heterocycles. The summed E-state index contributed by atoms with van der Waals surface area (Å²) in [6, 6.07) is 8.55. The third-order valence-electron chi connectivity index (χ3n) is 4.29. The van der Waals surface area contributed by atoms with Gasteiger partial charge in [0.2, 0.25) is 0 Å². The second kappa shape index (κ2) is 7.92. The third-order valence-corrected chi connectivity index (χ3v) is 4.64. The van der Waals surface area contributed by atoms with E-state index in [4.69, 9.17) is 16.3 Å². The second-order valence-electron chi connectivity index (χ2n) is 5.98. The van der Waals surface area contributed by atoms with Gasteiger partial charge in [0.25, 0.3) is 0 Å². The van der Waals surface area contributed by atoms with Crippen molar-refractivity contribution in [3.8, 4) is 5.75 Å². The van der Waals surface area contributed by atoms with Crippen LogP contribution in [0.25, 0.3) is 0 Å². The molecule has 0 aliphatic carbocycles. The number of halogens is 2. The van der Waals surface area contributed by atoms with Crippen LogP contribution in [-0.2, 0) is 13.1 Å². The molecule has 6 heteroatoms. The van der Waals surface area contributed by atoms with Crippen LogP contribution in [0, 0.1) is 5.82 Å². The summed E-state index contributed by atoms with van der Waals surface area (Å²) in [6.07, 6.45) is 1.75. The number of rotatable bonds is 5. The predicted octanol–water partition coefficient (Wildman–Crippen LogP) is 3.20. The van der Waals surface area contributed by atoms with Crippen molar-refractivity contribution in [2.24, 2.45) is 0 Å². The summed E-state index contributed by atoms with van der Waals surface area (Å²) in [4.78, 5) is 9.15. The largest absolute Gasteiger partial charge is 0.495 e. The van der Waals surface area contributed by atoms with E-state index in [2.05, 4.69) is 14.8 Å². The highest BCUT2D eigenvalue weighted by atomic mass is 35.5. The maximum Gasteiger partial charge on any atom is 0.137 e. The number of pyridine rings is 1. The number of piperazine rings is 1. The van der Waals surface area contributed by atoms with Crippen molar-refractivity contribution in [1.82, 2.24) is 14.8 Å². The van der Waals surface area contributed by atoms with Gasteiger partial charge in [-0.2, -0.15) is 0 Å². The minimum atomic E-state index is -0.291. The van der Waals surface area contributed by atoms with E-state index in [0.29, 0.717) is 5.02 Å². The van der Waals surface area contributed by atoms with Gasteiger partial charge in [0.05, 0.1) is 19.0 Å². The molecule has 0 spiro atoms. The monoisotopic (exact) mass is 349 g/mol. The van der Waals surface area contributed by atoms with Gasteiger partial charge in [-0.15, -0.1) is 0 Å². The van der Waals surface area contributed by atoms with Gasteiger partial charge in [0.1, 0.15) is 11.6 Å². The number of hydrogen-bond donors (Lipinski definition) is 0. The van der Waals surface area contributed by atoms with Crippen molar-refractivity contribution in [3.05, 3.63) is 58.6 Å². The van der Waals surface area contributed by atoms with Crippen LogP contribution in [0.3, 0.4) is 0 Å². The van der Waals surface area contributed by atoms with Crippen molar-refractivity contribution in [1.29, 1.82) is 0 Å². The normalized spacial score (nSPS) is 16.3. The highest BCUT2D eigenvalue weighted by Crippen LogP contribution is 2.20. The fourth-order valence-electron chi connectivity index (χ4n) is 2.85. The third kappa shape index (κ3) is 4.44. The smallest absolute Gasteiger partial charge is 0.137 e. The lowest BCUT2D eigenvalue weighted by Gasteiger charge is -2.34. The van der Waals surface area contributed by atoms with Gasteiger partial charge in [-0.05, 0) is 29.8 Å². The first-order chi connectivity index (χ1) is 11.6. The van der Waals surface area contributed by atoms with Gasteiger partial charge in [-0.3, -0.25) is 14.8 Å². The molecule has 0 atom stereocenters. The van der Waals surface area contributed by atoms with Crippen molar-refractivity contribution >= 4 is 11.6 Å². The quantitative estimate of drug-likeness (QED) is 0.828. The van der Waals surface area contributed by atoms with E-state index in [-0.39, 0.29) is 5.82 Å². The fourth-order valence-corrected chi connectivity index (χ4v) is 3.08. The molecule has 0 amide bonds. The van der Waals surface area contributed by atoms with Crippen LogP contribution in [0.1, 0.15) is 11.3 Å². The van der Waals surface area contributed by atoms with Crippen molar-refractivity contribution in [2.75, 3.05) is 33.3 Å². The Morgan fingerprint density at radius 3 is 2.38 bits per heavy atom. The van der Waals surface area contributed by atoms with Crippen LogP contribution in [0.15, 0.2) is 36.5 Å². The summed E-state index contributed by atoms with van der Waals surface area (Å²) in [5.74, 6) is 0.486. The molecule has 0 bridgehead atoms. The van der Waals surface area contributed by atoms with Gasteiger partial charge in [-0.1, -0.05) is 17.7 Å². The molecule has 1 aromatic heterocycles. The van der Waals surface area contributed by atoms with Gasteiger partial charge in [0, 0.05) is 44.3 Å². The molecule has 0 unspecified atom stereocenters. The van der Waals surface area contributed by atoms with E-state index in [1.165, 1.54) is 12.1 Å². The first-order valence-electron chi connectivity index (χ1n) is 8.01. The Balaban J connectivity index is 1.50. The standard InChI is InChI=1S/C18H21ClFN3O/c1-24-17-5-4-16(21-11-17)13-23-8-6-22(7-9-23)12-14-2-3-15(20)10-18(14)19/h2-5,10-11H,6-9,12-13H2,1H3. The molecule has 3 rings (SSSR count). The van der Waals surface area contributed by atoms with Crippen molar-refractivity contribution in [2.45, 2.75) is 13.1 Å². The number of ether oxygens (including phenoxy) is 1. The van der Waals surface area contributed by atoms with Crippen LogP contribution >= 0.6 is 11.6 Å². The molecule has 0 N–H and O–H groups in total. The molecule has 0 radical (unpaired) electrons. The minimum Gasteiger partial charge on any atom is -0.495 e. The summed E-state index contributed by atoms with van der Waals surface area (Å²) in [7, 11) is 1.64. The molecular weight excluding hydrogens is 329 g/mol. The summed E-state index contributed by atoms with van der Waals surface area (Å²) in [5.41, 5.74) is 2.02. The molecule has 1 fully saturated rings. The topological polar surface area (TPSA) is 28.6 Å². The highest BCUT2D eigenvalue weighted by molar-refractivity contribution is 6.31. The fraction of sp³-hybridized carbons (Fsp3) is 0.389. The zero-order valence-electron chi connectivity index (χ0n) is 13.7. The Bertz CT molecular complexity index is 672. The molecule has 0 saturated carbocycles. The van der Waals surface area contributed by atoms with E-state index < -0.39 is 0 Å². The maximum absolute atomic E-state index is 13.1. The average molecular weight is 350 g/mol. The van der Waals surface area contributed by atoms with Crippen LogP contribution in [0.4, 0.5) is 4.39 Å². The summed E-state index contributed by atoms with van der Waals surface area (Å²) < 4.78 is 18.2. The average Bonchev–Trinajstić information content (AvgIpc) is 2.60. The molecular formula is C18H21ClFN3O. The van der Waals surface area contributed by atoms with E-state index in [1.54, 1.807) is 19.4 Å². The minimum absolute atomic E-state index is 0.291. The lowest BCUT2D eigenvalue weighted by molar-refractivity contribution is 0.121. The predicted molar refractivity (Wildman–Crippen MR) is 92.8 cm³/mol. The van der Waals surface area contributed by atoms with E-state index in [9.17, 15) is 4.39 Å². The van der Waals surface area contributed by atoms with Gasteiger partial charge >= 0.3 is 0 Å². The summed E-state index contributed by atoms with van der Waals surface area (Å²) in [6.45, 7) is 5.48. The molecule has 1 aliphatic rings. The molecule has 2 heterocycles. The molecule has 1 aromatic carbocycles. The van der Waals surface area contributed by atoms with E-state index in [0.717, 1.165) is 56.3 Å². The maximum atomic E-state index is 13.1. The van der Waals surface area contributed by atoms with Gasteiger partial charge in [-0.25, -0.2) is 4.39 Å². The molecule has 1 aliphatic heterocycles. The molecule has 128 valence electrons. The van der Waals surface area contributed by atoms with Crippen molar-refractivity contribution in [3.63, 3.8) is 0 Å². The molecule has 24 heavy (non-hydrogen) atoms. The zero-order valence-corrected chi connectivity index (χ0v) is 14.5. The first-order valence-corrected chi connectivity index (χ1v) is 8.39. The SMILES string of the molecule is COc1ccc(CN2CCN(Cc3ccc(F)cc3Cl)CC2)nc1. The van der Waals surface area contributed by atoms with Crippen LogP contribution in [0.2, 0.25) is 5.02 Å². The summed E-state index contributed by atoms with van der Waals surface area (Å²) in [5, 5.41) is 0.500. The number of nitrogens with zero attached hydrogens (tertiary/aromatic N) is 3. The zero-order chi connectivity index (χ0) is 16.9. The number of hydrogen-bond acceptors (Lipinski definition) is 4. The Kier molecular flexibility index (Phi) is 5.66. The van der Waals surface area contributed by atoms with Crippen LogP contribution < -0.4 is 4.74 Å². The van der Waals surface area contributed by atoms with Crippen LogP contribution in [0.5, 0.6) is 5.75 Å². The highest BCUT2D eigenvalue weighted by Gasteiger charge is 2.18. The van der Waals surface area contributed by atoms with Crippen molar-refractivity contribution < 1.29 is 9.13 Å². The Morgan fingerprint density at radius 2 is 1.79 bits per heavy atom.